The highest BCUT2D eigenvalue weighted by Crippen LogP contribution is 2.14. The lowest BCUT2D eigenvalue weighted by Crippen LogP contribution is -2.26. The molecule has 0 saturated heterocycles. The number of benzene rings is 1. The van der Waals surface area contributed by atoms with Gasteiger partial charge in [-0.05, 0) is 44.3 Å². The molecular formula is C12H18ClFN2O. The maximum Gasteiger partial charge on any atom is 0.226 e. The minimum Gasteiger partial charge on any atom is -0.320 e. The zero-order valence-electron chi connectivity index (χ0n) is 10.1. The predicted octanol–water partition coefficient (Wildman–Crippen LogP) is 2.21. The molecule has 0 heterocycles. The van der Waals surface area contributed by atoms with E-state index in [2.05, 4.69) is 5.32 Å². The smallest absolute Gasteiger partial charge is 0.226 e. The van der Waals surface area contributed by atoms with E-state index < -0.39 is 0 Å². The quantitative estimate of drug-likeness (QED) is 0.824. The molecule has 0 radical (unpaired) electrons. The highest BCUT2D eigenvalue weighted by molar-refractivity contribution is 5.92. The van der Waals surface area contributed by atoms with Gasteiger partial charge in [-0.3, -0.25) is 4.79 Å². The maximum atomic E-state index is 12.7. The van der Waals surface area contributed by atoms with Crippen LogP contribution in [0.4, 0.5) is 10.1 Å². The summed E-state index contributed by atoms with van der Waals surface area (Å²) in [5, 5.41) is 2.99. The van der Waals surface area contributed by atoms with Crippen LogP contribution in [0.5, 0.6) is 0 Å². The Labute approximate surface area is 107 Å². The Morgan fingerprint density at radius 3 is 2.47 bits per heavy atom. The molecule has 3 nitrogen and oxygen atoms in total. The third-order valence-corrected chi connectivity index (χ3v) is 2.41. The fraction of sp³-hybridized carbons (Fsp3) is 0.417. The molecule has 0 atom stereocenters. The van der Waals surface area contributed by atoms with Crippen LogP contribution in [-0.2, 0) is 4.79 Å². The van der Waals surface area contributed by atoms with Crippen molar-refractivity contribution < 1.29 is 9.18 Å². The van der Waals surface area contributed by atoms with Crippen LogP contribution in [0.3, 0.4) is 0 Å². The Morgan fingerprint density at radius 1 is 1.35 bits per heavy atom. The average molecular weight is 261 g/mol. The van der Waals surface area contributed by atoms with Gasteiger partial charge in [-0.1, -0.05) is 0 Å². The SMILES string of the molecule is CNCCCC(=O)N(C)c1ccc(F)cc1.Cl. The maximum absolute atomic E-state index is 12.7. The molecule has 0 unspecified atom stereocenters. The van der Waals surface area contributed by atoms with Gasteiger partial charge in [0, 0.05) is 19.2 Å². The summed E-state index contributed by atoms with van der Waals surface area (Å²) in [6, 6.07) is 5.91. The minimum atomic E-state index is -0.292. The molecule has 0 fully saturated rings. The molecule has 0 aliphatic rings. The summed E-state index contributed by atoms with van der Waals surface area (Å²) < 4.78 is 12.7. The number of carbonyl (C=O) groups is 1. The van der Waals surface area contributed by atoms with Crippen molar-refractivity contribution in [2.75, 3.05) is 25.5 Å². The van der Waals surface area contributed by atoms with Crippen molar-refractivity contribution in [2.24, 2.45) is 0 Å². The van der Waals surface area contributed by atoms with Crippen LogP contribution in [0.25, 0.3) is 0 Å². The molecule has 1 aromatic rings. The second kappa shape index (κ2) is 8.03. The van der Waals surface area contributed by atoms with Crippen LogP contribution in [-0.4, -0.2) is 26.5 Å². The molecule has 0 aliphatic carbocycles. The number of hydrogen-bond donors (Lipinski definition) is 1. The number of carbonyl (C=O) groups excluding carboxylic acids is 1. The summed E-state index contributed by atoms with van der Waals surface area (Å²) >= 11 is 0. The third kappa shape index (κ3) is 5.15. The van der Waals surface area contributed by atoms with E-state index in [1.807, 2.05) is 7.05 Å². The molecule has 1 amide bonds. The Balaban J connectivity index is 0.00000256. The van der Waals surface area contributed by atoms with Crippen LogP contribution in [0.2, 0.25) is 0 Å². The summed E-state index contributed by atoms with van der Waals surface area (Å²) in [4.78, 5) is 13.3. The summed E-state index contributed by atoms with van der Waals surface area (Å²) in [5.74, 6) is -0.248. The summed E-state index contributed by atoms with van der Waals surface area (Å²) in [7, 11) is 3.56. The minimum absolute atomic E-state index is 0. The van der Waals surface area contributed by atoms with Gasteiger partial charge in [0.05, 0.1) is 0 Å². The van der Waals surface area contributed by atoms with Gasteiger partial charge in [0.1, 0.15) is 5.82 Å². The Kier molecular flexibility index (Phi) is 7.50. The van der Waals surface area contributed by atoms with Gasteiger partial charge in [0.2, 0.25) is 5.91 Å². The summed E-state index contributed by atoms with van der Waals surface area (Å²) in [5.41, 5.74) is 0.718. The number of rotatable bonds is 5. The van der Waals surface area contributed by atoms with E-state index in [1.54, 1.807) is 24.1 Å². The first-order valence-corrected chi connectivity index (χ1v) is 5.32. The number of nitrogens with one attached hydrogen (secondary N) is 1. The Hall–Kier alpha value is -1.13. The molecule has 0 bridgehead atoms. The van der Waals surface area contributed by atoms with Crippen molar-refractivity contribution in [3.05, 3.63) is 30.1 Å². The fourth-order valence-corrected chi connectivity index (χ4v) is 1.39. The van der Waals surface area contributed by atoms with Crippen LogP contribution in [0.15, 0.2) is 24.3 Å². The van der Waals surface area contributed by atoms with E-state index in [0.717, 1.165) is 18.7 Å². The van der Waals surface area contributed by atoms with Crippen molar-refractivity contribution >= 4 is 24.0 Å². The molecule has 96 valence electrons. The van der Waals surface area contributed by atoms with Gasteiger partial charge >= 0.3 is 0 Å². The average Bonchev–Trinajstić information content (AvgIpc) is 2.29. The second-order valence-electron chi connectivity index (χ2n) is 3.64. The predicted molar refractivity (Wildman–Crippen MR) is 70.2 cm³/mol. The Morgan fingerprint density at radius 2 is 1.94 bits per heavy atom. The highest BCUT2D eigenvalue weighted by atomic mass is 35.5. The molecule has 0 aromatic heterocycles. The van der Waals surface area contributed by atoms with Crippen molar-refractivity contribution in [2.45, 2.75) is 12.8 Å². The highest BCUT2D eigenvalue weighted by Gasteiger charge is 2.09. The first kappa shape index (κ1) is 15.9. The van der Waals surface area contributed by atoms with Gasteiger partial charge in [0.15, 0.2) is 0 Å². The standard InChI is InChI=1S/C12H17FN2O.ClH/c1-14-9-3-4-12(16)15(2)11-7-5-10(13)6-8-11;/h5-8,14H,3-4,9H2,1-2H3;1H. The van der Waals surface area contributed by atoms with Crippen LogP contribution in [0.1, 0.15) is 12.8 Å². The first-order chi connectivity index (χ1) is 7.65. The lowest BCUT2D eigenvalue weighted by Gasteiger charge is -2.17. The van der Waals surface area contributed by atoms with Crippen molar-refractivity contribution in [1.82, 2.24) is 5.32 Å². The number of amides is 1. The van der Waals surface area contributed by atoms with Crippen LogP contribution in [0, 0.1) is 5.82 Å². The molecule has 1 N–H and O–H groups in total. The van der Waals surface area contributed by atoms with E-state index >= 15 is 0 Å². The number of halogens is 2. The summed E-state index contributed by atoms with van der Waals surface area (Å²) in [6.45, 7) is 0.822. The molecule has 0 saturated carbocycles. The Bertz CT molecular complexity index is 343. The molecule has 1 rings (SSSR count). The largest absolute Gasteiger partial charge is 0.320 e. The first-order valence-electron chi connectivity index (χ1n) is 5.32. The lowest BCUT2D eigenvalue weighted by atomic mass is 10.2. The van der Waals surface area contributed by atoms with Gasteiger partial charge < -0.3 is 10.2 Å². The molecule has 0 spiro atoms. The van der Waals surface area contributed by atoms with Gasteiger partial charge in [-0.2, -0.15) is 0 Å². The van der Waals surface area contributed by atoms with Gasteiger partial charge in [-0.15, -0.1) is 12.4 Å². The van der Waals surface area contributed by atoms with E-state index in [1.165, 1.54) is 12.1 Å². The zero-order chi connectivity index (χ0) is 12.0. The summed E-state index contributed by atoms with van der Waals surface area (Å²) in [6.07, 6.45) is 1.30. The van der Waals surface area contributed by atoms with E-state index in [0.29, 0.717) is 6.42 Å². The van der Waals surface area contributed by atoms with Gasteiger partial charge in [-0.25, -0.2) is 4.39 Å². The second-order valence-corrected chi connectivity index (χ2v) is 3.64. The van der Waals surface area contributed by atoms with Crippen molar-refractivity contribution in [1.29, 1.82) is 0 Å². The lowest BCUT2D eigenvalue weighted by molar-refractivity contribution is -0.118. The number of hydrogen-bond acceptors (Lipinski definition) is 2. The van der Waals surface area contributed by atoms with E-state index in [-0.39, 0.29) is 24.1 Å². The number of anilines is 1. The molecule has 17 heavy (non-hydrogen) atoms. The molecule has 1 aromatic carbocycles. The monoisotopic (exact) mass is 260 g/mol. The normalized spacial score (nSPS) is 9.59. The molecular weight excluding hydrogens is 243 g/mol. The molecule has 5 heteroatoms. The van der Waals surface area contributed by atoms with E-state index in [9.17, 15) is 9.18 Å². The fourth-order valence-electron chi connectivity index (χ4n) is 1.39. The van der Waals surface area contributed by atoms with Gasteiger partial charge in [0.25, 0.3) is 0 Å². The molecule has 0 aliphatic heterocycles. The zero-order valence-corrected chi connectivity index (χ0v) is 10.9. The third-order valence-electron chi connectivity index (χ3n) is 2.41. The van der Waals surface area contributed by atoms with Crippen LogP contribution < -0.4 is 10.2 Å². The van der Waals surface area contributed by atoms with Crippen LogP contribution >= 0.6 is 12.4 Å². The topological polar surface area (TPSA) is 32.3 Å². The number of nitrogens with zero attached hydrogens (tertiary/aromatic N) is 1. The van der Waals surface area contributed by atoms with Crippen molar-refractivity contribution in [3.63, 3.8) is 0 Å². The van der Waals surface area contributed by atoms with Crippen molar-refractivity contribution in [3.8, 4) is 0 Å². The van der Waals surface area contributed by atoms with E-state index in [4.69, 9.17) is 0 Å².